The molecule has 0 aliphatic heterocycles. The molecule has 0 fully saturated rings. The molecule has 0 N–H and O–H groups in total. The zero-order valence-corrected chi connectivity index (χ0v) is 27.3. The third-order valence-corrected chi connectivity index (χ3v) is 5.70. The molecule has 1 radical (unpaired) electrons. The molecule has 2 rings (SSSR count). The Morgan fingerprint density at radius 2 is 0.809 bits per heavy atom. The van der Waals surface area contributed by atoms with Gasteiger partial charge in [-0.25, -0.2) is 33.7 Å². The molecule has 0 aliphatic rings. The smallest absolute Gasteiger partial charge is 0.741 e. The van der Waals surface area contributed by atoms with Crippen LogP contribution in [0.3, 0.4) is 0 Å². The van der Waals surface area contributed by atoms with Crippen LogP contribution >= 0.6 is 0 Å². The van der Waals surface area contributed by atoms with Crippen LogP contribution in [0.1, 0.15) is 12.5 Å². The number of pyridine rings is 1. The van der Waals surface area contributed by atoms with E-state index in [9.17, 15) is 52.7 Å². The van der Waals surface area contributed by atoms with Crippen LogP contribution < -0.4 is 0 Å². The predicted octanol–water partition coefficient (Wildman–Crippen LogP) is 3.51. The van der Waals surface area contributed by atoms with Gasteiger partial charge >= 0.3 is 42.1 Å². The number of hydrogen-bond acceptors (Lipinski definition) is 13. The quantitative estimate of drug-likeness (QED) is 0.238. The van der Waals surface area contributed by atoms with Gasteiger partial charge in [-0.15, -0.1) is 0 Å². The van der Waals surface area contributed by atoms with Gasteiger partial charge in [0.1, 0.15) is 0 Å². The van der Waals surface area contributed by atoms with Gasteiger partial charge in [0.15, 0.2) is 40.5 Å². The number of nitrogens with zero attached hydrogens (tertiary/aromatic N) is 1. The minimum absolute atomic E-state index is 0. The van der Waals surface area contributed by atoms with Crippen LogP contribution in [0.2, 0.25) is 0 Å². The summed E-state index contributed by atoms with van der Waals surface area (Å²) >= 11 is 0. The first-order valence-corrected chi connectivity index (χ1v) is 15.6. The van der Waals surface area contributed by atoms with Crippen molar-refractivity contribution in [3.8, 4) is 11.3 Å². The number of benzene rings is 1. The summed E-state index contributed by atoms with van der Waals surface area (Å²) in [5.74, 6) is 0. The van der Waals surface area contributed by atoms with Crippen molar-refractivity contribution >= 4 is 40.5 Å². The molecule has 1 heterocycles. The van der Waals surface area contributed by atoms with E-state index < -0.39 is 62.5 Å². The second-order valence-electron chi connectivity index (χ2n) is 6.87. The van der Waals surface area contributed by atoms with E-state index in [1.54, 1.807) is 0 Å². The zero-order valence-electron chi connectivity index (χ0n) is 21.7. The molecule has 0 aliphatic carbocycles. The molecule has 1 aromatic carbocycles. The Labute approximate surface area is 270 Å². The maximum Gasteiger partial charge on any atom is 4.00 e. The molecule has 1 aromatic heterocycles. The van der Waals surface area contributed by atoms with Crippen LogP contribution in [0.15, 0.2) is 48.7 Å². The first-order valence-electron chi connectivity index (χ1n) is 9.99. The van der Waals surface area contributed by atoms with Crippen molar-refractivity contribution in [1.29, 1.82) is 0 Å². The van der Waals surface area contributed by atoms with Crippen molar-refractivity contribution in [2.45, 2.75) is 35.4 Å². The Morgan fingerprint density at radius 3 is 1.02 bits per heavy atom. The molecule has 0 amide bonds. The minimum atomic E-state index is -6.09. The summed E-state index contributed by atoms with van der Waals surface area (Å²) in [7, 11) is -24.4. The van der Waals surface area contributed by atoms with Gasteiger partial charge in [0.25, 0.3) is 0 Å². The van der Waals surface area contributed by atoms with Gasteiger partial charge in [0.05, 0.1) is 5.69 Å². The van der Waals surface area contributed by atoms with E-state index in [1.165, 1.54) is 11.1 Å². The van der Waals surface area contributed by atoms with E-state index in [0.717, 1.165) is 12.1 Å². The van der Waals surface area contributed by atoms with Gasteiger partial charge in [-0.3, -0.25) is 4.98 Å². The summed E-state index contributed by atoms with van der Waals surface area (Å²) in [6.45, 7) is 2.16. The van der Waals surface area contributed by atoms with E-state index in [-0.39, 0.29) is 20.1 Å². The number of aromatic nitrogens is 1. The molecule has 13 nitrogen and oxygen atoms in total. The van der Waals surface area contributed by atoms with Crippen LogP contribution in [0, 0.1) is 0 Å². The zero-order chi connectivity index (χ0) is 37.8. The molecule has 47 heavy (non-hydrogen) atoms. The third-order valence-electron chi connectivity index (χ3n) is 3.44. The molecular weight excluding hydrogens is 959 g/mol. The minimum Gasteiger partial charge on any atom is -0.741 e. The van der Waals surface area contributed by atoms with Crippen molar-refractivity contribution < 1.29 is 125 Å². The van der Waals surface area contributed by atoms with Gasteiger partial charge in [0, 0.05) is 11.8 Å². The molecule has 0 saturated heterocycles. The molecule has 275 valence electrons. The van der Waals surface area contributed by atoms with Crippen molar-refractivity contribution in [2.24, 2.45) is 0 Å². The number of hydrogen-bond donors (Lipinski definition) is 0. The summed E-state index contributed by atoms with van der Waals surface area (Å²) in [5.41, 5.74) is -19.0. The summed E-state index contributed by atoms with van der Waals surface area (Å²) in [6.07, 6.45) is 2.93. The van der Waals surface area contributed by atoms with E-state index in [1.807, 2.05) is 24.4 Å². The van der Waals surface area contributed by atoms with E-state index in [4.69, 9.17) is 51.9 Å². The Bertz CT molecular complexity index is 1490. The Balaban J connectivity index is -0.000000252. The molecule has 0 saturated carbocycles. The van der Waals surface area contributed by atoms with Gasteiger partial charge in [-0.05, 0) is 24.1 Å². The topological polar surface area (TPSA) is 242 Å². The Morgan fingerprint density at radius 1 is 0.553 bits per heavy atom. The van der Waals surface area contributed by atoms with Crippen LogP contribution in [-0.2, 0) is 67.0 Å². The van der Waals surface area contributed by atoms with Gasteiger partial charge in [0.2, 0.25) is 0 Å². The van der Waals surface area contributed by atoms with Crippen LogP contribution in [0.5, 0.6) is 0 Å². The van der Waals surface area contributed by atoms with Crippen molar-refractivity contribution in [1.82, 2.24) is 4.98 Å². The SMILES string of the molecule is CCc1ccnc(-c2ccccc2)c1.O=S(=O)([O-])C(F)(F)F.O=S(=O)([O-])C(F)(F)F.O=S(=O)([O-])C(F)(F)F.O=S(=O)([O-])C(F)(F)F.[Ir+4]. The molecule has 0 unspecified atom stereocenters. The fraction of sp³-hybridized carbons (Fsp3) is 0.353. The molecule has 0 bridgehead atoms. The predicted molar refractivity (Wildman–Crippen MR) is 122 cm³/mol. The van der Waals surface area contributed by atoms with Gasteiger partial charge in [-0.2, -0.15) is 52.7 Å². The molecule has 2 aromatic rings. The van der Waals surface area contributed by atoms with Gasteiger partial charge < -0.3 is 18.2 Å². The standard InChI is InChI=1S/C13H13N.4CHF3O3S.Ir/c1-2-11-8-9-14-13(10-11)12-6-4-3-5-7-12;4*2-1(3,4)8(5,6)7;/h3-10H,2H2,1H3;4*(H,5,6,7);/q;;;;;+4/p-4. The normalized spacial score (nSPS) is 12.5. The maximum atomic E-state index is 10.7. The number of halogens is 12. The van der Waals surface area contributed by atoms with Gasteiger partial charge in [-0.1, -0.05) is 37.3 Å². The van der Waals surface area contributed by atoms with E-state index in [0.29, 0.717) is 0 Å². The first-order chi connectivity index (χ1) is 19.9. The second-order valence-corrected chi connectivity index (χ2v) is 12.4. The summed E-state index contributed by atoms with van der Waals surface area (Å²) in [4.78, 5) is 4.36. The van der Waals surface area contributed by atoms with Crippen molar-refractivity contribution in [3.05, 3.63) is 54.2 Å². The first kappa shape index (κ1) is 51.6. The maximum absolute atomic E-state index is 10.7. The largest absolute Gasteiger partial charge is 4.00 e. The molecule has 0 spiro atoms. The molecular formula is C17H13F12IrNO12S4. The fourth-order valence-electron chi connectivity index (χ4n) is 1.46. The van der Waals surface area contributed by atoms with Crippen LogP contribution in [0.4, 0.5) is 52.7 Å². The van der Waals surface area contributed by atoms with Crippen molar-refractivity contribution in [2.75, 3.05) is 0 Å². The fourth-order valence-corrected chi connectivity index (χ4v) is 1.46. The summed E-state index contributed by atoms with van der Waals surface area (Å²) in [6, 6.07) is 14.5. The van der Waals surface area contributed by atoms with Crippen LogP contribution in [-0.4, -0.2) is 78.9 Å². The van der Waals surface area contributed by atoms with E-state index >= 15 is 0 Å². The third kappa shape index (κ3) is 22.9. The average molecular weight is 972 g/mol. The van der Waals surface area contributed by atoms with Crippen molar-refractivity contribution in [3.63, 3.8) is 0 Å². The summed E-state index contributed by atoms with van der Waals surface area (Å²) in [5, 5.41) is 0. The number of rotatable bonds is 2. The monoisotopic (exact) mass is 972 g/mol. The number of alkyl halides is 12. The van der Waals surface area contributed by atoms with Crippen LogP contribution in [0.25, 0.3) is 11.3 Å². The second kappa shape index (κ2) is 19.1. The molecule has 30 heteroatoms. The Kier molecular flexibility index (Phi) is 21.0. The Hall–Kier alpha value is -2.18. The van der Waals surface area contributed by atoms with E-state index in [2.05, 4.69) is 36.2 Å². The average Bonchev–Trinajstić information content (AvgIpc) is 2.81. The molecule has 0 atom stereocenters. The number of aryl methyl sites for hydroxylation is 1. The summed E-state index contributed by atoms with van der Waals surface area (Å²) < 4.78 is 236.